The molecule has 0 spiro atoms. The Labute approximate surface area is 115 Å². The van der Waals surface area contributed by atoms with Gasteiger partial charge in [-0.2, -0.15) is 5.10 Å². The summed E-state index contributed by atoms with van der Waals surface area (Å²) in [5.41, 5.74) is 7.62. The second-order valence-corrected chi connectivity index (χ2v) is 5.01. The number of hydrogen-bond donors (Lipinski definition) is 2. The van der Waals surface area contributed by atoms with Gasteiger partial charge in [-0.1, -0.05) is 11.6 Å². The first-order chi connectivity index (χ1) is 9.16. The highest BCUT2D eigenvalue weighted by atomic mass is 35.5. The van der Waals surface area contributed by atoms with Crippen molar-refractivity contribution >= 4 is 17.5 Å². The molecule has 0 saturated heterocycles. The Bertz CT molecular complexity index is 612. The van der Waals surface area contributed by atoms with E-state index in [2.05, 4.69) is 15.1 Å². The number of halogens is 1. The second-order valence-electron chi connectivity index (χ2n) is 4.60. The molecule has 0 radical (unpaired) electrons. The molecule has 0 aliphatic carbocycles. The Morgan fingerprint density at radius 3 is 3.05 bits per heavy atom. The Morgan fingerprint density at radius 2 is 2.21 bits per heavy atom. The van der Waals surface area contributed by atoms with E-state index in [0.29, 0.717) is 10.7 Å². The first-order valence-corrected chi connectivity index (χ1v) is 6.57. The lowest BCUT2D eigenvalue weighted by Crippen LogP contribution is -2.07. The third-order valence-corrected chi connectivity index (χ3v) is 3.59. The normalized spacial score (nSPS) is 18.9. The molecule has 0 saturated carbocycles. The molecule has 0 bridgehead atoms. The molecular weight excluding hydrogens is 266 g/mol. The van der Waals surface area contributed by atoms with E-state index in [1.807, 2.05) is 4.68 Å². The molecule has 1 aliphatic rings. The number of aliphatic hydroxyl groups excluding tert-OH is 1. The van der Waals surface area contributed by atoms with E-state index in [1.54, 1.807) is 6.20 Å². The summed E-state index contributed by atoms with van der Waals surface area (Å²) in [6.45, 7) is 0.796. The van der Waals surface area contributed by atoms with Crippen LogP contribution in [0.15, 0.2) is 12.4 Å². The van der Waals surface area contributed by atoms with Gasteiger partial charge in [0.1, 0.15) is 0 Å². The van der Waals surface area contributed by atoms with Gasteiger partial charge in [-0.05, 0) is 19.3 Å². The molecule has 6 nitrogen and oxygen atoms in total. The van der Waals surface area contributed by atoms with E-state index >= 15 is 0 Å². The maximum atomic E-state index is 10.3. The van der Waals surface area contributed by atoms with Crippen LogP contribution < -0.4 is 5.73 Å². The summed E-state index contributed by atoms with van der Waals surface area (Å²) >= 11 is 6.12. The predicted octanol–water partition coefficient (Wildman–Crippen LogP) is 1.79. The standard InChI is InChI=1S/C12H14ClN5O/c13-8-6-15-12(14)17-10(8)7-5-16-18-4-2-1-3-9(19)11(7)18/h5-6,9,19H,1-4H2,(H2,14,15,17). The summed E-state index contributed by atoms with van der Waals surface area (Å²) in [5.74, 6) is 0.155. The molecule has 1 aliphatic heterocycles. The average Bonchev–Trinajstić information content (AvgIpc) is 2.72. The van der Waals surface area contributed by atoms with Crippen molar-refractivity contribution in [2.24, 2.45) is 0 Å². The Kier molecular flexibility index (Phi) is 3.12. The number of nitrogens with zero attached hydrogens (tertiary/aromatic N) is 4. The molecule has 3 rings (SSSR count). The van der Waals surface area contributed by atoms with Crippen LogP contribution in [0.25, 0.3) is 11.3 Å². The summed E-state index contributed by atoms with van der Waals surface area (Å²) in [5, 5.41) is 15.0. The molecule has 3 heterocycles. The fourth-order valence-electron chi connectivity index (χ4n) is 2.41. The lowest BCUT2D eigenvalue weighted by Gasteiger charge is -2.11. The minimum atomic E-state index is -0.549. The topological polar surface area (TPSA) is 89.8 Å². The van der Waals surface area contributed by atoms with Gasteiger partial charge < -0.3 is 10.8 Å². The molecule has 3 N–H and O–H groups in total. The first kappa shape index (κ1) is 12.4. The summed E-state index contributed by atoms with van der Waals surface area (Å²) < 4.78 is 1.82. The van der Waals surface area contributed by atoms with Gasteiger partial charge in [0.15, 0.2) is 0 Å². The summed E-state index contributed by atoms with van der Waals surface area (Å²) in [6, 6.07) is 0. The Morgan fingerprint density at radius 1 is 1.37 bits per heavy atom. The smallest absolute Gasteiger partial charge is 0.220 e. The molecule has 0 amide bonds. The SMILES string of the molecule is Nc1ncc(Cl)c(-c2cnn3c2C(O)CCCC3)n1. The molecule has 0 fully saturated rings. The van der Waals surface area contributed by atoms with E-state index in [4.69, 9.17) is 17.3 Å². The number of aryl methyl sites for hydroxylation is 1. The van der Waals surface area contributed by atoms with Gasteiger partial charge in [-0.3, -0.25) is 4.68 Å². The number of fused-ring (bicyclic) bond motifs is 1. The van der Waals surface area contributed by atoms with Gasteiger partial charge in [0, 0.05) is 12.1 Å². The molecule has 0 aromatic carbocycles. The lowest BCUT2D eigenvalue weighted by atomic mass is 10.1. The van der Waals surface area contributed by atoms with Gasteiger partial charge in [0.25, 0.3) is 0 Å². The van der Waals surface area contributed by atoms with Crippen LogP contribution in [-0.4, -0.2) is 24.9 Å². The van der Waals surface area contributed by atoms with Crippen LogP contribution in [-0.2, 0) is 6.54 Å². The maximum Gasteiger partial charge on any atom is 0.220 e. The second kappa shape index (κ2) is 4.79. The molecule has 100 valence electrons. The minimum Gasteiger partial charge on any atom is -0.387 e. The molecule has 1 atom stereocenters. The van der Waals surface area contributed by atoms with Crippen molar-refractivity contribution in [2.75, 3.05) is 5.73 Å². The average molecular weight is 280 g/mol. The van der Waals surface area contributed by atoms with Crippen molar-refractivity contribution in [3.8, 4) is 11.3 Å². The minimum absolute atomic E-state index is 0.155. The third kappa shape index (κ3) is 2.17. The molecule has 2 aromatic rings. The number of hydrogen-bond acceptors (Lipinski definition) is 5. The molecule has 2 aromatic heterocycles. The van der Waals surface area contributed by atoms with Crippen molar-refractivity contribution in [3.63, 3.8) is 0 Å². The molecule has 19 heavy (non-hydrogen) atoms. The first-order valence-electron chi connectivity index (χ1n) is 6.19. The Balaban J connectivity index is 2.16. The van der Waals surface area contributed by atoms with Gasteiger partial charge >= 0.3 is 0 Å². The van der Waals surface area contributed by atoms with Crippen LogP contribution in [0, 0.1) is 0 Å². The third-order valence-electron chi connectivity index (χ3n) is 3.31. The van der Waals surface area contributed by atoms with Crippen molar-refractivity contribution in [1.82, 2.24) is 19.7 Å². The fraction of sp³-hybridized carbons (Fsp3) is 0.417. The maximum absolute atomic E-state index is 10.3. The van der Waals surface area contributed by atoms with Gasteiger partial charge in [0.2, 0.25) is 5.95 Å². The fourth-order valence-corrected chi connectivity index (χ4v) is 2.61. The predicted molar refractivity (Wildman–Crippen MR) is 71.5 cm³/mol. The molecule has 7 heteroatoms. The number of aliphatic hydroxyl groups is 1. The quantitative estimate of drug-likeness (QED) is 0.831. The zero-order chi connectivity index (χ0) is 13.4. The largest absolute Gasteiger partial charge is 0.387 e. The summed E-state index contributed by atoms with van der Waals surface area (Å²) in [7, 11) is 0. The number of nitrogen functional groups attached to an aromatic ring is 1. The van der Waals surface area contributed by atoms with Crippen LogP contribution in [0.3, 0.4) is 0 Å². The van der Waals surface area contributed by atoms with Gasteiger partial charge in [0.05, 0.1) is 34.9 Å². The van der Waals surface area contributed by atoms with Crippen LogP contribution in [0.1, 0.15) is 31.1 Å². The van der Waals surface area contributed by atoms with E-state index in [-0.39, 0.29) is 5.95 Å². The highest BCUT2D eigenvalue weighted by Crippen LogP contribution is 2.35. The number of aromatic nitrogens is 4. The lowest BCUT2D eigenvalue weighted by molar-refractivity contribution is 0.161. The van der Waals surface area contributed by atoms with Crippen LogP contribution in [0.2, 0.25) is 5.02 Å². The monoisotopic (exact) mass is 279 g/mol. The zero-order valence-corrected chi connectivity index (χ0v) is 11.0. The van der Waals surface area contributed by atoms with Crippen molar-refractivity contribution in [2.45, 2.75) is 31.9 Å². The van der Waals surface area contributed by atoms with Gasteiger partial charge in [-0.25, -0.2) is 9.97 Å². The van der Waals surface area contributed by atoms with Crippen LogP contribution in [0.5, 0.6) is 0 Å². The number of rotatable bonds is 1. The summed E-state index contributed by atoms with van der Waals surface area (Å²) in [4.78, 5) is 8.00. The number of anilines is 1. The van der Waals surface area contributed by atoms with E-state index in [9.17, 15) is 5.11 Å². The Hall–Kier alpha value is -1.66. The summed E-state index contributed by atoms with van der Waals surface area (Å²) in [6.07, 6.45) is 5.29. The van der Waals surface area contributed by atoms with Crippen molar-refractivity contribution in [1.29, 1.82) is 0 Å². The van der Waals surface area contributed by atoms with Crippen molar-refractivity contribution in [3.05, 3.63) is 23.1 Å². The van der Waals surface area contributed by atoms with E-state index < -0.39 is 6.10 Å². The van der Waals surface area contributed by atoms with Crippen LogP contribution in [0.4, 0.5) is 5.95 Å². The highest BCUT2D eigenvalue weighted by molar-refractivity contribution is 6.32. The van der Waals surface area contributed by atoms with E-state index in [1.165, 1.54) is 6.20 Å². The van der Waals surface area contributed by atoms with Crippen molar-refractivity contribution < 1.29 is 5.11 Å². The van der Waals surface area contributed by atoms with E-state index in [0.717, 1.165) is 37.1 Å². The van der Waals surface area contributed by atoms with Crippen LogP contribution >= 0.6 is 11.6 Å². The van der Waals surface area contributed by atoms with Gasteiger partial charge in [-0.15, -0.1) is 0 Å². The zero-order valence-electron chi connectivity index (χ0n) is 10.3. The molecular formula is C12H14ClN5O. The number of nitrogens with two attached hydrogens (primary N) is 1. The molecule has 1 unspecified atom stereocenters. The highest BCUT2D eigenvalue weighted by Gasteiger charge is 2.24.